The molecule has 0 bridgehead atoms. The van der Waals surface area contributed by atoms with Gasteiger partial charge in [0.1, 0.15) is 0 Å². The number of halogens is 8. The molecule has 0 amide bonds. The first-order valence-electron chi connectivity index (χ1n) is 5.56. The van der Waals surface area contributed by atoms with E-state index in [4.69, 9.17) is 0 Å². The minimum absolute atomic E-state index is 0.702. The van der Waals surface area contributed by atoms with Crippen LogP contribution in [0.2, 0.25) is 0 Å². The summed E-state index contributed by atoms with van der Waals surface area (Å²) in [6, 6.07) is 0. The van der Waals surface area contributed by atoms with Gasteiger partial charge >= 0.3 is 24.3 Å². The third-order valence-electron chi connectivity index (χ3n) is 2.09. The molecule has 0 aliphatic rings. The lowest BCUT2D eigenvalue weighted by Gasteiger charge is -2.19. The van der Waals surface area contributed by atoms with Crippen LogP contribution in [0.25, 0.3) is 0 Å². The number of rotatable bonds is 7. The highest BCUT2D eigenvalue weighted by Gasteiger charge is 2.43. The van der Waals surface area contributed by atoms with Crippen molar-refractivity contribution in [2.45, 2.75) is 37.4 Å². The summed E-state index contributed by atoms with van der Waals surface area (Å²) in [5.74, 6) is -2.75. The van der Waals surface area contributed by atoms with E-state index in [-0.39, 0.29) is 0 Å². The van der Waals surface area contributed by atoms with Crippen molar-refractivity contribution in [1.29, 1.82) is 0 Å². The van der Waals surface area contributed by atoms with Crippen LogP contribution >= 0.6 is 31.9 Å². The van der Waals surface area contributed by atoms with Crippen LogP contribution < -0.4 is 0 Å². The van der Waals surface area contributed by atoms with Gasteiger partial charge in [0, 0.05) is 10.7 Å². The molecule has 0 aliphatic heterocycles. The van der Waals surface area contributed by atoms with Crippen molar-refractivity contribution in [3.8, 4) is 0 Å². The zero-order valence-electron chi connectivity index (χ0n) is 10.6. The predicted octanol–water partition coefficient (Wildman–Crippen LogP) is 3.50. The molecule has 0 rings (SSSR count). The van der Waals surface area contributed by atoms with E-state index >= 15 is 0 Å². The molecule has 0 aromatic rings. The molecule has 2 unspecified atom stereocenters. The van der Waals surface area contributed by atoms with Crippen LogP contribution in [0.1, 0.15) is 12.8 Å². The van der Waals surface area contributed by atoms with E-state index < -0.39 is 60.0 Å². The van der Waals surface area contributed by atoms with Gasteiger partial charge in [-0.05, 0) is 0 Å². The third kappa shape index (κ3) is 8.20. The first-order chi connectivity index (χ1) is 9.91. The molecular formula is C10H10Br2F6O4. The SMILES string of the molecule is O=C(CCC(=O)OC(CBr)C(F)(F)F)OC(CBr)C(F)(F)F. The highest BCUT2D eigenvalue weighted by atomic mass is 79.9. The summed E-state index contributed by atoms with van der Waals surface area (Å²) in [6.45, 7) is 0. The fourth-order valence-corrected chi connectivity index (χ4v) is 2.01. The average molecular weight is 468 g/mol. The normalized spacial score (nSPS) is 15.1. The van der Waals surface area contributed by atoms with Gasteiger partial charge in [-0.3, -0.25) is 9.59 Å². The van der Waals surface area contributed by atoms with E-state index in [0.717, 1.165) is 0 Å². The zero-order chi connectivity index (χ0) is 17.6. The molecule has 22 heavy (non-hydrogen) atoms. The maximum Gasteiger partial charge on any atom is 0.426 e. The molecule has 0 aromatic heterocycles. The van der Waals surface area contributed by atoms with Crippen molar-refractivity contribution in [2.75, 3.05) is 10.7 Å². The van der Waals surface area contributed by atoms with E-state index in [1.807, 2.05) is 0 Å². The van der Waals surface area contributed by atoms with Crippen LogP contribution in [-0.2, 0) is 19.1 Å². The van der Waals surface area contributed by atoms with Gasteiger partial charge in [0.05, 0.1) is 12.8 Å². The maximum atomic E-state index is 12.3. The Hall–Kier alpha value is -0.520. The molecule has 0 fully saturated rings. The minimum Gasteiger partial charge on any atom is -0.452 e. The number of hydrogen-bond acceptors (Lipinski definition) is 4. The van der Waals surface area contributed by atoms with Gasteiger partial charge < -0.3 is 9.47 Å². The Morgan fingerprint density at radius 2 is 1.05 bits per heavy atom. The van der Waals surface area contributed by atoms with Crippen molar-refractivity contribution in [3.63, 3.8) is 0 Å². The molecular weight excluding hydrogens is 458 g/mol. The lowest BCUT2D eigenvalue weighted by atomic mass is 10.3. The largest absolute Gasteiger partial charge is 0.452 e. The predicted molar refractivity (Wildman–Crippen MR) is 68.7 cm³/mol. The van der Waals surface area contributed by atoms with Crippen LogP contribution in [0.5, 0.6) is 0 Å². The van der Waals surface area contributed by atoms with Crippen molar-refractivity contribution >= 4 is 43.8 Å². The molecule has 0 aliphatic carbocycles. The third-order valence-corrected chi connectivity index (χ3v) is 3.27. The Kier molecular flexibility index (Phi) is 8.73. The molecule has 0 heterocycles. The number of esters is 2. The zero-order valence-corrected chi connectivity index (χ0v) is 13.8. The monoisotopic (exact) mass is 466 g/mol. The second-order valence-electron chi connectivity index (χ2n) is 3.85. The Bertz CT molecular complexity index is 349. The van der Waals surface area contributed by atoms with Gasteiger partial charge in [-0.1, -0.05) is 31.9 Å². The number of alkyl halides is 8. The van der Waals surface area contributed by atoms with Crippen LogP contribution in [0.3, 0.4) is 0 Å². The smallest absolute Gasteiger partial charge is 0.426 e. The quantitative estimate of drug-likeness (QED) is 0.326. The molecule has 4 nitrogen and oxygen atoms in total. The van der Waals surface area contributed by atoms with E-state index in [0.29, 0.717) is 0 Å². The standard InChI is InChI=1S/C10H10Br2F6O4/c11-3-5(9(13,14)15)21-7(19)1-2-8(20)22-6(4-12)10(16,17)18/h5-6H,1-4H2. The molecule has 0 saturated carbocycles. The maximum absolute atomic E-state index is 12.3. The van der Waals surface area contributed by atoms with Crippen molar-refractivity contribution < 1.29 is 45.4 Å². The lowest BCUT2D eigenvalue weighted by Crippen LogP contribution is -2.36. The number of hydrogen-bond donors (Lipinski definition) is 0. The summed E-state index contributed by atoms with van der Waals surface area (Å²) in [6.07, 6.45) is -16.0. The lowest BCUT2D eigenvalue weighted by molar-refractivity contribution is -0.217. The molecule has 12 heteroatoms. The van der Waals surface area contributed by atoms with Gasteiger partial charge in [0.2, 0.25) is 12.2 Å². The topological polar surface area (TPSA) is 52.6 Å². The van der Waals surface area contributed by atoms with Gasteiger partial charge in [0.15, 0.2) is 0 Å². The summed E-state index contributed by atoms with van der Waals surface area (Å²) < 4.78 is 81.9. The summed E-state index contributed by atoms with van der Waals surface area (Å²) in [5, 5.41) is -1.40. The molecule has 0 radical (unpaired) electrons. The van der Waals surface area contributed by atoms with Crippen molar-refractivity contribution in [3.05, 3.63) is 0 Å². The van der Waals surface area contributed by atoms with Crippen LogP contribution in [0.15, 0.2) is 0 Å². The van der Waals surface area contributed by atoms with Gasteiger partial charge in [-0.15, -0.1) is 0 Å². The highest BCUT2D eigenvalue weighted by molar-refractivity contribution is 9.09. The number of ether oxygens (including phenoxy) is 2. The van der Waals surface area contributed by atoms with E-state index in [1.54, 1.807) is 0 Å². The van der Waals surface area contributed by atoms with E-state index in [2.05, 4.69) is 41.3 Å². The first kappa shape index (κ1) is 21.5. The minimum atomic E-state index is -4.79. The molecule has 0 N–H and O–H groups in total. The van der Waals surface area contributed by atoms with Crippen LogP contribution in [0, 0.1) is 0 Å². The molecule has 0 saturated heterocycles. The second kappa shape index (κ2) is 8.94. The fraction of sp³-hybridized carbons (Fsp3) is 0.800. The number of carbonyl (C=O) groups excluding carboxylic acids is 2. The summed E-state index contributed by atoms with van der Waals surface area (Å²) in [4.78, 5) is 22.3. The summed E-state index contributed by atoms with van der Waals surface area (Å²) in [5.41, 5.74) is 0. The van der Waals surface area contributed by atoms with Crippen molar-refractivity contribution in [2.24, 2.45) is 0 Å². The summed E-state index contributed by atoms with van der Waals surface area (Å²) in [7, 11) is 0. The van der Waals surface area contributed by atoms with Crippen LogP contribution in [-0.4, -0.2) is 47.2 Å². The average Bonchev–Trinajstić information content (AvgIpc) is 2.36. The van der Waals surface area contributed by atoms with E-state index in [1.165, 1.54) is 0 Å². The van der Waals surface area contributed by atoms with Crippen LogP contribution in [0.4, 0.5) is 26.3 Å². The molecule has 0 spiro atoms. The van der Waals surface area contributed by atoms with Gasteiger partial charge in [-0.25, -0.2) is 0 Å². The molecule has 2 atom stereocenters. The molecule has 130 valence electrons. The Labute approximate surface area is 137 Å². The second-order valence-corrected chi connectivity index (χ2v) is 5.14. The fourth-order valence-electron chi connectivity index (χ4n) is 1.01. The van der Waals surface area contributed by atoms with Gasteiger partial charge in [0.25, 0.3) is 0 Å². The van der Waals surface area contributed by atoms with E-state index in [9.17, 15) is 35.9 Å². The Morgan fingerprint density at radius 3 is 1.23 bits per heavy atom. The van der Waals surface area contributed by atoms with Crippen molar-refractivity contribution in [1.82, 2.24) is 0 Å². The Morgan fingerprint density at radius 1 is 0.773 bits per heavy atom. The molecule has 0 aromatic carbocycles. The summed E-state index contributed by atoms with van der Waals surface area (Å²) >= 11 is 5.01. The highest BCUT2D eigenvalue weighted by Crippen LogP contribution is 2.26. The first-order valence-corrected chi connectivity index (χ1v) is 7.80. The Balaban J connectivity index is 4.33. The van der Waals surface area contributed by atoms with Gasteiger partial charge in [-0.2, -0.15) is 26.3 Å². The number of carbonyl (C=O) groups is 2.